The monoisotopic (exact) mass is 423 g/mol. The molecule has 0 aliphatic carbocycles. The van der Waals surface area contributed by atoms with Gasteiger partial charge in [-0.25, -0.2) is 0 Å². The fourth-order valence-electron chi connectivity index (χ4n) is 3.81. The maximum atomic E-state index is 12.6. The van der Waals surface area contributed by atoms with E-state index < -0.39 is 0 Å². The number of nitrogens with one attached hydrogen (secondary N) is 2. The van der Waals surface area contributed by atoms with E-state index in [4.69, 9.17) is 4.74 Å². The topological polar surface area (TPSA) is 59.4 Å². The second-order valence-corrected chi connectivity index (χ2v) is 8.61. The molecule has 4 rings (SSSR count). The van der Waals surface area contributed by atoms with Gasteiger partial charge in [0.2, 0.25) is 0 Å². The third-order valence-electron chi connectivity index (χ3n) is 5.44. The number of ether oxygens (including phenoxy) is 1. The third kappa shape index (κ3) is 5.77. The Morgan fingerprint density at radius 3 is 2.50 bits per heavy atom. The Morgan fingerprint density at radius 1 is 1.03 bits per heavy atom. The fourth-order valence-corrected chi connectivity index (χ4v) is 4.66. The van der Waals surface area contributed by atoms with Gasteiger partial charge in [0.15, 0.2) is 6.54 Å². The predicted molar refractivity (Wildman–Crippen MR) is 120 cm³/mol. The molecule has 1 aromatic heterocycles. The molecule has 1 saturated heterocycles. The van der Waals surface area contributed by atoms with Crippen LogP contribution in [-0.4, -0.2) is 38.8 Å². The summed E-state index contributed by atoms with van der Waals surface area (Å²) >= 11 is 1.72. The number of thiophene rings is 1. The maximum Gasteiger partial charge on any atom is 0.279 e. The van der Waals surface area contributed by atoms with Crippen LogP contribution in [0, 0.1) is 0 Å². The number of quaternary nitrogens is 2. The average molecular weight is 424 g/mol. The lowest BCUT2D eigenvalue weighted by Gasteiger charge is -2.23. The summed E-state index contributed by atoms with van der Waals surface area (Å²) in [5, 5.41) is 7.22. The first kappa shape index (κ1) is 20.8. The third-order valence-corrected chi connectivity index (χ3v) is 6.39. The highest BCUT2D eigenvalue weighted by atomic mass is 32.1. The van der Waals surface area contributed by atoms with Gasteiger partial charge in [-0.1, -0.05) is 48.5 Å². The Morgan fingerprint density at radius 2 is 1.80 bits per heavy atom. The van der Waals surface area contributed by atoms with Crippen molar-refractivity contribution in [1.82, 2.24) is 0 Å². The van der Waals surface area contributed by atoms with Gasteiger partial charge in [-0.2, -0.15) is 0 Å². The number of hydrogen-bond donors (Lipinski definition) is 3. The normalized spacial score (nSPS) is 15.6. The summed E-state index contributed by atoms with van der Waals surface area (Å²) in [5.74, 6) is 0.0130. The number of rotatable bonds is 8. The van der Waals surface area contributed by atoms with Crippen LogP contribution in [0.1, 0.15) is 22.0 Å². The number of hydrogen-bond acceptors (Lipinski definition) is 3. The van der Waals surface area contributed by atoms with E-state index >= 15 is 0 Å². The Kier molecular flexibility index (Phi) is 7.26. The molecule has 0 saturated carbocycles. The number of benzene rings is 2. The van der Waals surface area contributed by atoms with Crippen LogP contribution in [0.2, 0.25) is 0 Å². The van der Waals surface area contributed by atoms with E-state index in [9.17, 15) is 4.79 Å². The SMILES string of the molecule is O=C(C[NH2+][C@H](c1ccccc1)c1cccs1)Nc1ccc(C[NH+]2CCOCC2)cc1. The number of anilines is 1. The van der Waals surface area contributed by atoms with Crippen LogP contribution in [-0.2, 0) is 16.1 Å². The summed E-state index contributed by atoms with van der Waals surface area (Å²) in [6.07, 6.45) is 0. The Bertz CT molecular complexity index is 907. The molecule has 6 heteroatoms. The zero-order valence-electron chi connectivity index (χ0n) is 17.1. The summed E-state index contributed by atoms with van der Waals surface area (Å²) in [6, 6.07) is 22.9. The molecule has 5 nitrogen and oxygen atoms in total. The second kappa shape index (κ2) is 10.5. The van der Waals surface area contributed by atoms with Gasteiger partial charge >= 0.3 is 0 Å². The molecule has 2 aromatic carbocycles. The average Bonchev–Trinajstić information content (AvgIpc) is 3.31. The van der Waals surface area contributed by atoms with E-state index in [-0.39, 0.29) is 11.9 Å². The minimum absolute atomic E-state index is 0.0130. The first-order valence-corrected chi connectivity index (χ1v) is 11.4. The molecule has 30 heavy (non-hydrogen) atoms. The van der Waals surface area contributed by atoms with Crippen molar-refractivity contribution in [2.75, 3.05) is 38.2 Å². The zero-order valence-corrected chi connectivity index (χ0v) is 17.9. The molecule has 1 atom stereocenters. The highest BCUT2D eigenvalue weighted by Crippen LogP contribution is 2.22. The van der Waals surface area contributed by atoms with E-state index in [2.05, 4.69) is 52.4 Å². The van der Waals surface area contributed by atoms with E-state index in [0.29, 0.717) is 6.54 Å². The quantitative estimate of drug-likeness (QED) is 0.514. The predicted octanol–water partition coefficient (Wildman–Crippen LogP) is 1.45. The lowest BCUT2D eigenvalue weighted by atomic mass is 10.1. The molecule has 2 heterocycles. The van der Waals surface area contributed by atoms with Crippen molar-refractivity contribution in [3.05, 3.63) is 88.1 Å². The van der Waals surface area contributed by atoms with Gasteiger partial charge < -0.3 is 20.3 Å². The molecule has 1 aliphatic rings. The molecule has 1 aliphatic heterocycles. The Hall–Kier alpha value is -2.51. The van der Waals surface area contributed by atoms with Crippen LogP contribution < -0.4 is 15.5 Å². The Balaban J connectivity index is 1.31. The van der Waals surface area contributed by atoms with Crippen LogP contribution in [0.15, 0.2) is 72.1 Å². The molecular weight excluding hydrogens is 394 g/mol. The van der Waals surface area contributed by atoms with E-state index in [1.54, 1.807) is 16.2 Å². The van der Waals surface area contributed by atoms with E-state index in [1.807, 2.05) is 30.3 Å². The number of amides is 1. The van der Waals surface area contributed by atoms with Gasteiger partial charge in [0.1, 0.15) is 25.7 Å². The van der Waals surface area contributed by atoms with Crippen molar-refractivity contribution in [2.24, 2.45) is 0 Å². The Labute approximate surface area is 181 Å². The van der Waals surface area contributed by atoms with Crippen molar-refractivity contribution < 1.29 is 19.7 Å². The largest absolute Gasteiger partial charge is 0.370 e. The van der Waals surface area contributed by atoms with Gasteiger partial charge in [0.05, 0.1) is 18.1 Å². The molecule has 0 spiro atoms. The zero-order chi connectivity index (χ0) is 20.6. The number of nitrogens with two attached hydrogens (primary N) is 1. The van der Waals surface area contributed by atoms with Crippen LogP contribution in [0.4, 0.5) is 5.69 Å². The van der Waals surface area contributed by atoms with Crippen molar-refractivity contribution >= 4 is 22.9 Å². The highest BCUT2D eigenvalue weighted by Gasteiger charge is 2.20. The molecule has 0 bridgehead atoms. The second-order valence-electron chi connectivity index (χ2n) is 7.63. The molecule has 4 N–H and O–H groups in total. The van der Waals surface area contributed by atoms with Crippen LogP contribution in [0.3, 0.4) is 0 Å². The van der Waals surface area contributed by atoms with Gasteiger partial charge in [0, 0.05) is 16.8 Å². The van der Waals surface area contributed by atoms with Crippen molar-refractivity contribution in [1.29, 1.82) is 0 Å². The van der Waals surface area contributed by atoms with Crippen molar-refractivity contribution in [3.8, 4) is 0 Å². The lowest BCUT2D eigenvalue weighted by molar-refractivity contribution is -0.921. The number of morpholine rings is 1. The molecule has 0 radical (unpaired) electrons. The summed E-state index contributed by atoms with van der Waals surface area (Å²) in [6.45, 7) is 5.18. The van der Waals surface area contributed by atoms with E-state index in [1.165, 1.54) is 16.0 Å². The molecule has 3 aromatic rings. The lowest BCUT2D eigenvalue weighted by Crippen LogP contribution is -3.12. The molecular formula is C24H29N3O2S+2. The number of carbonyl (C=O) groups excluding carboxylic acids is 1. The fraction of sp³-hybridized carbons (Fsp3) is 0.292. The number of carbonyl (C=O) groups is 1. The molecule has 1 fully saturated rings. The molecule has 0 unspecified atom stereocenters. The van der Waals surface area contributed by atoms with Crippen LogP contribution in [0.25, 0.3) is 0 Å². The maximum absolute atomic E-state index is 12.6. The van der Waals surface area contributed by atoms with Crippen molar-refractivity contribution in [3.63, 3.8) is 0 Å². The van der Waals surface area contributed by atoms with Crippen LogP contribution in [0.5, 0.6) is 0 Å². The van der Waals surface area contributed by atoms with Gasteiger partial charge in [-0.15, -0.1) is 11.3 Å². The first-order valence-electron chi connectivity index (χ1n) is 10.5. The smallest absolute Gasteiger partial charge is 0.279 e. The summed E-state index contributed by atoms with van der Waals surface area (Å²) in [7, 11) is 0. The minimum Gasteiger partial charge on any atom is -0.370 e. The van der Waals surface area contributed by atoms with Crippen molar-refractivity contribution in [2.45, 2.75) is 12.6 Å². The van der Waals surface area contributed by atoms with Gasteiger partial charge in [0.25, 0.3) is 5.91 Å². The molecule has 156 valence electrons. The van der Waals surface area contributed by atoms with Gasteiger partial charge in [-0.3, -0.25) is 4.79 Å². The van der Waals surface area contributed by atoms with Crippen LogP contribution >= 0.6 is 11.3 Å². The first-order chi connectivity index (χ1) is 14.8. The standard InChI is InChI=1S/C24H27N3O2S/c28-23(17-25-24(22-7-4-16-30-22)20-5-2-1-3-6-20)26-21-10-8-19(9-11-21)18-27-12-14-29-15-13-27/h1-11,16,24-25H,12-15,17-18H2,(H,26,28)/p+2/t24-/m1/s1. The van der Waals surface area contributed by atoms with Gasteiger partial charge in [-0.05, 0) is 23.6 Å². The van der Waals surface area contributed by atoms with E-state index in [0.717, 1.165) is 38.5 Å². The summed E-state index contributed by atoms with van der Waals surface area (Å²) < 4.78 is 5.42. The highest BCUT2D eigenvalue weighted by molar-refractivity contribution is 7.10. The molecule has 1 amide bonds. The summed E-state index contributed by atoms with van der Waals surface area (Å²) in [5.41, 5.74) is 3.35. The summed E-state index contributed by atoms with van der Waals surface area (Å²) in [4.78, 5) is 15.4. The minimum atomic E-state index is 0.0130.